The third-order valence-corrected chi connectivity index (χ3v) is 4.72. The van der Waals surface area contributed by atoms with Crippen LogP contribution >= 0.6 is 11.3 Å². The van der Waals surface area contributed by atoms with Crippen LogP contribution in [0.1, 0.15) is 17.0 Å². The van der Waals surface area contributed by atoms with Crippen molar-refractivity contribution in [3.05, 3.63) is 88.9 Å². The van der Waals surface area contributed by atoms with Gasteiger partial charge >= 0.3 is 0 Å². The zero-order chi connectivity index (χ0) is 17.1. The van der Waals surface area contributed by atoms with E-state index in [1.807, 2.05) is 29.8 Å². The van der Waals surface area contributed by atoms with Crippen molar-refractivity contribution in [2.75, 3.05) is 0 Å². The lowest BCUT2D eigenvalue weighted by atomic mass is 10.1. The zero-order valence-electron chi connectivity index (χ0n) is 13.3. The third kappa shape index (κ3) is 3.80. The third-order valence-electron chi connectivity index (χ3n) is 3.78. The van der Waals surface area contributed by atoms with Crippen LogP contribution in [-0.2, 0) is 13.0 Å². The molecule has 0 aliphatic carbocycles. The molecule has 4 nitrogen and oxygen atoms in total. The molecule has 0 aliphatic rings. The van der Waals surface area contributed by atoms with Crippen LogP contribution in [0.2, 0.25) is 0 Å². The molecule has 4 aromatic rings. The Balaban J connectivity index is 1.45. The first kappa shape index (κ1) is 15.7. The molecule has 0 aliphatic heterocycles. The van der Waals surface area contributed by atoms with E-state index >= 15 is 0 Å². The van der Waals surface area contributed by atoms with Gasteiger partial charge in [0.1, 0.15) is 10.8 Å². The number of hydrogen-bond acceptors (Lipinski definition) is 4. The van der Waals surface area contributed by atoms with Gasteiger partial charge in [0.2, 0.25) is 0 Å². The Kier molecular flexibility index (Phi) is 4.35. The number of thiazole rings is 1. The first-order valence-corrected chi connectivity index (χ1v) is 8.77. The molecule has 0 N–H and O–H groups in total. The van der Waals surface area contributed by atoms with E-state index in [1.165, 1.54) is 17.7 Å². The molecular weight excluding hydrogens is 335 g/mol. The molecule has 0 atom stereocenters. The summed E-state index contributed by atoms with van der Waals surface area (Å²) in [7, 11) is 0. The summed E-state index contributed by atoms with van der Waals surface area (Å²) >= 11 is 1.54. The fourth-order valence-corrected chi connectivity index (χ4v) is 3.39. The van der Waals surface area contributed by atoms with Crippen LogP contribution in [0, 0.1) is 5.82 Å². The average Bonchev–Trinajstić information content (AvgIpc) is 3.27. The second-order valence-electron chi connectivity index (χ2n) is 5.72. The molecule has 0 saturated carbocycles. The molecule has 4 rings (SSSR count). The normalized spacial score (nSPS) is 10.9. The van der Waals surface area contributed by atoms with Gasteiger partial charge in [0.25, 0.3) is 0 Å². The summed E-state index contributed by atoms with van der Waals surface area (Å²) in [6, 6.07) is 16.6. The monoisotopic (exact) mass is 350 g/mol. The molecular formula is C19H15FN4S. The standard InChI is InChI=1S/C19H15FN4S/c20-16-8-6-15(7-9-16)19-21-18(13-25-19)12-24-11-17(22-23-24)10-14-4-2-1-3-5-14/h1-9,11,13H,10,12H2. The van der Waals surface area contributed by atoms with Crippen molar-refractivity contribution in [3.63, 3.8) is 0 Å². The van der Waals surface area contributed by atoms with E-state index in [4.69, 9.17) is 0 Å². The lowest BCUT2D eigenvalue weighted by molar-refractivity contribution is 0.628. The molecule has 6 heteroatoms. The minimum Gasteiger partial charge on any atom is -0.246 e. The highest BCUT2D eigenvalue weighted by Crippen LogP contribution is 2.24. The highest BCUT2D eigenvalue weighted by molar-refractivity contribution is 7.13. The summed E-state index contributed by atoms with van der Waals surface area (Å²) < 4.78 is 14.8. The second kappa shape index (κ2) is 6.94. The number of benzene rings is 2. The van der Waals surface area contributed by atoms with Crippen LogP contribution in [-0.4, -0.2) is 20.0 Å². The van der Waals surface area contributed by atoms with Gasteiger partial charge in [-0.1, -0.05) is 35.5 Å². The molecule has 25 heavy (non-hydrogen) atoms. The Morgan fingerprint density at radius 1 is 0.960 bits per heavy atom. The maximum Gasteiger partial charge on any atom is 0.123 e. The Morgan fingerprint density at radius 3 is 2.56 bits per heavy atom. The van der Waals surface area contributed by atoms with Gasteiger partial charge in [-0.05, 0) is 29.8 Å². The number of nitrogens with zero attached hydrogens (tertiary/aromatic N) is 4. The van der Waals surface area contributed by atoms with Crippen molar-refractivity contribution in [2.45, 2.75) is 13.0 Å². The van der Waals surface area contributed by atoms with Crippen LogP contribution in [0.25, 0.3) is 10.6 Å². The molecule has 2 aromatic carbocycles. The molecule has 0 radical (unpaired) electrons. The van der Waals surface area contributed by atoms with Gasteiger partial charge in [0.05, 0.1) is 17.9 Å². The van der Waals surface area contributed by atoms with E-state index in [-0.39, 0.29) is 5.82 Å². The lowest BCUT2D eigenvalue weighted by Gasteiger charge is -1.97. The molecule has 0 unspecified atom stereocenters. The van der Waals surface area contributed by atoms with E-state index in [0.717, 1.165) is 28.4 Å². The predicted octanol–water partition coefficient (Wildman–Crippen LogP) is 4.18. The summed E-state index contributed by atoms with van der Waals surface area (Å²) in [5, 5.41) is 11.3. The Labute approximate surface area is 148 Å². The Morgan fingerprint density at radius 2 is 1.76 bits per heavy atom. The molecule has 0 amide bonds. The summed E-state index contributed by atoms with van der Waals surface area (Å²) in [5.41, 5.74) is 3.98. The van der Waals surface area contributed by atoms with Crippen LogP contribution in [0.15, 0.2) is 66.2 Å². The summed E-state index contributed by atoms with van der Waals surface area (Å²) in [5.74, 6) is -0.242. The van der Waals surface area contributed by atoms with Gasteiger partial charge in [-0.25, -0.2) is 14.1 Å². The van der Waals surface area contributed by atoms with Crippen molar-refractivity contribution >= 4 is 11.3 Å². The molecule has 2 heterocycles. The van der Waals surface area contributed by atoms with Crippen molar-refractivity contribution in [3.8, 4) is 10.6 Å². The number of halogens is 1. The molecule has 0 spiro atoms. The van der Waals surface area contributed by atoms with Crippen LogP contribution < -0.4 is 0 Å². The summed E-state index contributed by atoms with van der Waals surface area (Å²) in [4.78, 5) is 4.61. The van der Waals surface area contributed by atoms with Crippen LogP contribution in [0.5, 0.6) is 0 Å². The maximum absolute atomic E-state index is 13.0. The van der Waals surface area contributed by atoms with Crippen molar-refractivity contribution in [1.29, 1.82) is 0 Å². The maximum atomic E-state index is 13.0. The SMILES string of the molecule is Fc1ccc(-c2nc(Cn3cc(Cc4ccccc4)nn3)cs2)cc1. The molecule has 124 valence electrons. The summed E-state index contributed by atoms with van der Waals surface area (Å²) in [6.45, 7) is 0.569. The molecule has 0 saturated heterocycles. The van der Waals surface area contributed by atoms with Gasteiger partial charge in [-0.3, -0.25) is 0 Å². The van der Waals surface area contributed by atoms with Gasteiger partial charge in [-0.15, -0.1) is 16.4 Å². The minimum atomic E-state index is -0.242. The Hall–Kier alpha value is -2.86. The molecule has 2 aromatic heterocycles. The van der Waals surface area contributed by atoms with Crippen molar-refractivity contribution in [1.82, 2.24) is 20.0 Å². The number of rotatable bonds is 5. The largest absolute Gasteiger partial charge is 0.246 e. The summed E-state index contributed by atoms with van der Waals surface area (Å²) in [6.07, 6.45) is 2.71. The second-order valence-corrected chi connectivity index (χ2v) is 6.58. The number of hydrogen-bond donors (Lipinski definition) is 0. The Bertz CT molecular complexity index is 961. The first-order chi connectivity index (χ1) is 12.3. The smallest absolute Gasteiger partial charge is 0.123 e. The van der Waals surface area contributed by atoms with E-state index in [2.05, 4.69) is 27.4 Å². The minimum absolute atomic E-state index is 0.242. The van der Waals surface area contributed by atoms with Gasteiger partial charge in [-0.2, -0.15) is 0 Å². The molecule has 0 bridgehead atoms. The first-order valence-electron chi connectivity index (χ1n) is 7.89. The van der Waals surface area contributed by atoms with Gasteiger partial charge < -0.3 is 0 Å². The zero-order valence-corrected chi connectivity index (χ0v) is 14.2. The van der Waals surface area contributed by atoms with Crippen LogP contribution in [0.4, 0.5) is 4.39 Å². The van der Waals surface area contributed by atoms with E-state index in [9.17, 15) is 4.39 Å². The fourth-order valence-electron chi connectivity index (χ4n) is 2.57. The molecule has 0 fully saturated rings. The topological polar surface area (TPSA) is 43.6 Å². The van der Waals surface area contributed by atoms with Gasteiger partial charge in [0, 0.05) is 23.6 Å². The average molecular weight is 350 g/mol. The lowest BCUT2D eigenvalue weighted by Crippen LogP contribution is -2.00. The van der Waals surface area contributed by atoms with Crippen LogP contribution in [0.3, 0.4) is 0 Å². The quantitative estimate of drug-likeness (QED) is 0.542. The van der Waals surface area contributed by atoms with Gasteiger partial charge in [0.15, 0.2) is 0 Å². The van der Waals surface area contributed by atoms with Crippen molar-refractivity contribution < 1.29 is 4.39 Å². The van der Waals surface area contributed by atoms with E-state index in [0.29, 0.717) is 6.54 Å². The highest BCUT2D eigenvalue weighted by atomic mass is 32.1. The fraction of sp³-hybridized carbons (Fsp3) is 0.105. The van der Waals surface area contributed by atoms with E-state index in [1.54, 1.807) is 28.2 Å². The van der Waals surface area contributed by atoms with E-state index < -0.39 is 0 Å². The highest BCUT2D eigenvalue weighted by Gasteiger charge is 2.08. The van der Waals surface area contributed by atoms with Crippen molar-refractivity contribution in [2.24, 2.45) is 0 Å². The predicted molar refractivity (Wildman–Crippen MR) is 95.9 cm³/mol. The number of aromatic nitrogens is 4.